The molecule has 1 saturated carbocycles. The first-order valence-corrected chi connectivity index (χ1v) is 11.0. The number of halogens is 1. The fraction of sp³-hybridized carbons (Fsp3) is 0.440. The largest absolute Gasteiger partial charge is 0.378 e. The molecule has 1 heterocycles. The van der Waals surface area contributed by atoms with Crippen LogP contribution in [0.15, 0.2) is 42.5 Å². The first kappa shape index (κ1) is 21.1. The molecule has 1 aliphatic carbocycles. The first-order valence-electron chi connectivity index (χ1n) is 10.6. The highest BCUT2D eigenvalue weighted by atomic mass is 35.5. The number of aryl methyl sites for hydroxylation is 1. The van der Waals surface area contributed by atoms with Gasteiger partial charge in [-0.2, -0.15) is 0 Å². The molecule has 5 heteroatoms. The quantitative estimate of drug-likeness (QED) is 0.681. The van der Waals surface area contributed by atoms with Crippen LogP contribution in [0.2, 0.25) is 5.02 Å². The Morgan fingerprint density at radius 1 is 1.13 bits per heavy atom. The van der Waals surface area contributed by atoms with E-state index in [4.69, 9.17) is 16.3 Å². The maximum Gasteiger partial charge on any atom is 0.235 e. The van der Waals surface area contributed by atoms with Crippen LogP contribution in [0.4, 0.5) is 0 Å². The van der Waals surface area contributed by atoms with Gasteiger partial charge in [-0.3, -0.25) is 9.59 Å². The smallest absolute Gasteiger partial charge is 0.235 e. The number of rotatable bonds is 5. The zero-order valence-electron chi connectivity index (χ0n) is 17.7. The van der Waals surface area contributed by atoms with Gasteiger partial charge in [0.25, 0.3) is 0 Å². The molecule has 30 heavy (non-hydrogen) atoms. The number of ether oxygens (including phenoxy) is 1. The topological polar surface area (TPSA) is 55.4 Å². The molecular formula is C25H28ClNO3. The monoisotopic (exact) mass is 425 g/mol. The van der Waals surface area contributed by atoms with Crippen molar-refractivity contribution in [3.63, 3.8) is 0 Å². The number of carbonyl (C=O) groups excluding carboxylic acids is 2. The van der Waals surface area contributed by atoms with Crippen molar-refractivity contribution < 1.29 is 14.3 Å². The molecule has 2 aliphatic rings. The second kappa shape index (κ2) is 8.16. The van der Waals surface area contributed by atoms with Crippen LogP contribution in [0, 0.1) is 12.8 Å². The van der Waals surface area contributed by atoms with Gasteiger partial charge in [-0.1, -0.05) is 49.7 Å². The number of ketones is 1. The molecule has 2 aromatic rings. The number of hydrogen-bond donors (Lipinski definition) is 1. The van der Waals surface area contributed by atoms with E-state index in [9.17, 15) is 9.59 Å². The second-order valence-electron chi connectivity index (χ2n) is 9.04. The highest BCUT2D eigenvalue weighted by molar-refractivity contribution is 6.30. The van der Waals surface area contributed by atoms with Gasteiger partial charge in [0.1, 0.15) is 11.5 Å². The molecular weight excluding hydrogens is 398 g/mol. The lowest BCUT2D eigenvalue weighted by molar-refractivity contribution is -0.125. The molecule has 1 aliphatic heterocycles. The summed E-state index contributed by atoms with van der Waals surface area (Å²) in [5, 5.41) is 3.73. The van der Waals surface area contributed by atoms with Crippen molar-refractivity contribution in [2.75, 3.05) is 6.61 Å². The molecule has 0 aromatic heterocycles. The number of benzene rings is 2. The highest BCUT2D eigenvalue weighted by Gasteiger charge is 2.56. The Morgan fingerprint density at radius 3 is 2.53 bits per heavy atom. The van der Waals surface area contributed by atoms with Gasteiger partial charge in [-0.25, -0.2) is 0 Å². The Bertz CT molecular complexity index is 969. The summed E-state index contributed by atoms with van der Waals surface area (Å²) in [6, 6.07) is 13.5. The van der Waals surface area contributed by atoms with Crippen LogP contribution in [0.25, 0.3) is 11.1 Å². The third-order valence-corrected chi connectivity index (χ3v) is 6.51. The van der Waals surface area contributed by atoms with Crippen LogP contribution < -0.4 is 5.32 Å². The normalized spacial score (nSPS) is 26.0. The van der Waals surface area contributed by atoms with Crippen LogP contribution in [0.1, 0.15) is 50.2 Å². The van der Waals surface area contributed by atoms with Crippen LogP contribution in [0.3, 0.4) is 0 Å². The number of amides is 1. The van der Waals surface area contributed by atoms with Crippen LogP contribution in [-0.4, -0.2) is 29.9 Å². The van der Waals surface area contributed by atoms with E-state index in [1.54, 1.807) is 0 Å². The molecule has 2 fully saturated rings. The maximum absolute atomic E-state index is 13.5. The second-order valence-corrected chi connectivity index (χ2v) is 9.48. The number of Topliss-reactive ketones (excluding diaryl/α,β-unsaturated/α-hetero) is 1. The third kappa shape index (κ3) is 3.91. The zero-order valence-corrected chi connectivity index (χ0v) is 18.5. The standard InChI is InChI=1S/C25H28ClNO3/c1-15(2)14-30-20-10-11-25(13-20)23(28)22(24(29)27-25)21-12-18(5-4-16(21)3)17-6-8-19(26)9-7-17/h4-9,12,15,20,22H,10-11,13-14H2,1-3H3,(H,27,29)/t20-,22?,25-/m0/s1. The molecule has 158 valence electrons. The molecule has 1 spiro atoms. The summed E-state index contributed by atoms with van der Waals surface area (Å²) in [5.41, 5.74) is 2.92. The minimum absolute atomic E-state index is 0.0143. The van der Waals surface area contributed by atoms with E-state index in [-0.39, 0.29) is 17.8 Å². The minimum atomic E-state index is -0.786. The Morgan fingerprint density at radius 2 is 1.83 bits per heavy atom. The van der Waals surface area contributed by atoms with Gasteiger partial charge < -0.3 is 10.1 Å². The van der Waals surface area contributed by atoms with Crippen LogP contribution in [-0.2, 0) is 14.3 Å². The lowest BCUT2D eigenvalue weighted by Gasteiger charge is -2.22. The van der Waals surface area contributed by atoms with Gasteiger partial charge in [0.2, 0.25) is 5.91 Å². The van der Waals surface area contributed by atoms with Gasteiger partial charge in [-0.05, 0) is 66.1 Å². The summed E-state index contributed by atoms with van der Waals surface area (Å²) in [6.07, 6.45) is 2.04. The molecule has 2 aromatic carbocycles. The Hall–Kier alpha value is -2.17. The Balaban J connectivity index is 1.60. The van der Waals surface area contributed by atoms with Gasteiger partial charge in [-0.15, -0.1) is 0 Å². The fourth-order valence-electron chi connectivity index (χ4n) is 4.63. The van der Waals surface area contributed by atoms with E-state index in [0.29, 0.717) is 30.4 Å². The van der Waals surface area contributed by atoms with Gasteiger partial charge in [0, 0.05) is 18.1 Å². The summed E-state index contributed by atoms with van der Waals surface area (Å²) in [6.45, 7) is 6.85. The average Bonchev–Trinajstić information content (AvgIpc) is 3.22. The summed E-state index contributed by atoms with van der Waals surface area (Å²) in [5.74, 6) is -0.525. The molecule has 1 amide bonds. The fourth-order valence-corrected chi connectivity index (χ4v) is 4.76. The summed E-state index contributed by atoms with van der Waals surface area (Å²) in [4.78, 5) is 26.5. The van der Waals surface area contributed by atoms with Crippen molar-refractivity contribution in [3.05, 3.63) is 58.6 Å². The van der Waals surface area contributed by atoms with Crippen molar-refractivity contribution in [1.29, 1.82) is 0 Å². The predicted octanol–water partition coefficient (Wildman–Crippen LogP) is 5.06. The Labute approximate surface area is 183 Å². The molecule has 1 N–H and O–H groups in total. The van der Waals surface area contributed by atoms with E-state index in [2.05, 4.69) is 19.2 Å². The molecule has 1 unspecified atom stereocenters. The maximum atomic E-state index is 13.5. The van der Waals surface area contributed by atoms with Gasteiger partial charge in [0.05, 0.1) is 6.10 Å². The third-order valence-electron chi connectivity index (χ3n) is 6.26. The molecule has 0 bridgehead atoms. The summed E-state index contributed by atoms with van der Waals surface area (Å²) >= 11 is 6.01. The molecule has 1 saturated heterocycles. The van der Waals surface area contributed by atoms with E-state index in [1.807, 2.05) is 49.4 Å². The first-order chi connectivity index (χ1) is 14.3. The highest BCUT2D eigenvalue weighted by Crippen LogP contribution is 2.42. The average molecular weight is 426 g/mol. The van der Waals surface area contributed by atoms with Crippen molar-refractivity contribution >= 4 is 23.3 Å². The number of hydrogen-bond acceptors (Lipinski definition) is 3. The lowest BCUT2D eigenvalue weighted by atomic mass is 9.83. The van der Waals surface area contributed by atoms with Crippen molar-refractivity contribution in [2.45, 2.75) is 57.6 Å². The molecule has 4 rings (SSSR count). The van der Waals surface area contributed by atoms with Gasteiger partial charge in [0.15, 0.2) is 5.78 Å². The Kier molecular flexibility index (Phi) is 5.73. The van der Waals surface area contributed by atoms with E-state index >= 15 is 0 Å². The van der Waals surface area contributed by atoms with Crippen LogP contribution in [0.5, 0.6) is 0 Å². The minimum Gasteiger partial charge on any atom is -0.378 e. The SMILES string of the molecule is Cc1ccc(-c2ccc(Cl)cc2)cc1C1C(=O)N[C@]2(CC[C@H](OCC(C)C)C2)C1=O. The zero-order chi connectivity index (χ0) is 21.5. The lowest BCUT2D eigenvalue weighted by Crippen LogP contribution is -2.44. The van der Waals surface area contributed by atoms with E-state index in [1.165, 1.54) is 0 Å². The van der Waals surface area contributed by atoms with Crippen LogP contribution >= 0.6 is 11.6 Å². The van der Waals surface area contributed by atoms with Crippen molar-refractivity contribution in [2.24, 2.45) is 5.92 Å². The number of nitrogens with one attached hydrogen (secondary N) is 1. The summed E-state index contributed by atoms with van der Waals surface area (Å²) < 4.78 is 5.97. The van der Waals surface area contributed by atoms with E-state index < -0.39 is 11.5 Å². The predicted molar refractivity (Wildman–Crippen MR) is 119 cm³/mol. The number of carbonyl (C=O) groups is 2. The van der Waals surface area contributed by atoms with Gasteiger partial charge >= 0.3 is 0 Å². The van der Waals surface area contributed by atoms with E-state index in [0.717, 1.165) is 28.7 Å². The van der Waals surface area contributed by atoms with Crippen molar-refractivity contribution in [1.82, 2.24) is 5.32 Å². The molecule has 3 atom stereocenters. The summed E-state index contributed by atoms with van der Waals surface area (Å²) in [7, 11) is 0. The molecule has 4 nitrogen and oxygen atoms in total. The van der Waals surface area contributed by atoms with Crippen molar-refractivity contribution in [3.8, 4) is 11.1 Å². The molecule has 0 radical (unpaired) electrons.